The summed E-state index contributed by atoms with van der Waals surface area (Å²) >= 11 is 0. The number of hydrogen-bond donors (Lipinski definition) is 0. The Hall–Kier alpha value is -0.370. The van der Waals surface area contributed by atoms with E-state index >= 15 is 0 Å². The molecule has 2 heteroatoms. The van der Waals surface area contributed by atoms with Crippen molar-refractivity contribution in [3.05, 3.63) is 0 Å². The molecule has 2 nitrogen and oxygen atoms in total. The number of carbonyl (C=O) groups excluding carboxylic acids is 1. The second-order valence-electron chi connectivity index (χ2n) is 5.67. The van der Waals surface area contributed by atoms with Crippen LogP contribution in [-0.2, 0) is 9.53 Å². The van der Waals surface area contributed by atoms with Gasteiger partial charge in [-0.3, -0.25) is 0 Å². The predicted molar refractivity (Wildman–Crippen MR) is 57.7 cm³/mol. The Morgan fingerprint density at radius 3 is 2.33 bits per heavy atom. The summed E-state index contributed by atoms with van der Waals surface area (Å²) in [6, 6.07) is 0. The van der Waals surface area contributed by atoms with E-state index in [1.165, 1.54) is 51.4 Å². The van der Waals surface area contributed by atoms with Gasteiger partial charge in [0.05, 0.1) is 5.60 Å². The first-order valence-electron chi connectivity index (χ1n) is 6.43. The first-order valence-corrected chi connectivity index (χ1v) is 6.43. The average Bonchev–Trinajstić information content (AvgIpc) is 2.56. The molecule has 1 saturated heterocycles. The summed E-state index contributed by atoms with van der Waals surface area (Å²) in [5.74, 6) is 0. The Bertz CT molecular complexity index is 270. The molecule has 2 spiro atoms. The lowest BCUT2D eigenvalue weighted by Crippen LogP contribution is -2.54. The smallest absolute Gasteiger partial charge is 0.148 e. The third-order valence-electron chi connectivity index (χ3n) is 5.11. The number of fused-ring (bicyclic) bond motifs is 1. The first-order chi connectivity index (χ1) is 7.30. The second-order valence-corrected chi connectivity index (χ2v) is 5.67. The Kier molecular flexibility index (Phi) is 2.17. The van der Waals surface area contributed by atoms with Gasteiger partial charge in [-0.1, -0.05) is 6.42 Å². The van der Waals surface area contributed by atoms with Crippen LogP contribution >= 0.6 is 0 Å². The Balaban J connectivity index is 1.85. The van der Waals surface area contributed by atoms with Crippen LogP contribution in [0.15, 0.2) is 0 Å². The molecule has 2 aliphatic carbocycles. The van der Waals surface area contributed by atoms with Gasteiger partial charge in [0, 0.05) is 0 Å². The minimum atomic E-state index is -0.102. The lowest BCUT2D eigenvalue weighted by atomic mass is 9.58. The maximum absolute atomic E-state index is 10.9. The number of carbonyl (C=O) groups is 1. The maximum atomic E-state index is 10.9. The monoisotopic (exact) mass is 208 g/mol. The first kappa shape index (κ1) is 9.83. The second kappa shape index (κ2) is 3.31. The van der Waals surface area contributed by atoms with Crippen molar-refractivity contribution in [1.29, 1.82) is 0 Å². The fraction of sp³-hybridized carbons (Fsp3) is 0.923. The summed E-state index contributed by atoms with van der Waals surface area (Å²) in [5, 5.41) is 0. The van der Waals surface area contributed by atoms with Crippen LogP contribution < -0.4 is 0 Å². The number of hydrogen-bond acceptors (Lipinski definition) is 2. The van der Waals surface area contributed by atoms with Crippen LogP contribution in [0.2, 0.25) is 0 Å². The van der Waals surface area contributed by atoms with Gasteiger partial charge in [-0.2, -0.15) is 0 Å². The molecule has 0 radical (unpaired) electrons. The van der Waals surface area contributed by atoms with Crippen LogP contribution in [0.3, 0.4) is 0 Å². The molecule has 0 aromatic carbocycles. The highest BCUT2D eigenvalue weighted by Crippen LogP contribution is 2.63. The molecule has 3 fully saturated rings. The van der Waals surface area contributed by atoms with E-state index < -0.39 is 0 Å². The van der Waals surface area contributed by atoms with Gasteiger partial charge in [0.25, 0.3) is 0 Å². The molecule has 0 aromatic rings. The van der Waals surface area contributed by atoms with E-state index in [0.717, 1.165) is 12.7 Å². The molecule has 2 saturated carbocycles. The van der Waals surface area contributed by atoms with Crippen molar-refractivity contribution >= 4 is 6.29 Å². The summed E-state index contributed by atoms with van der Waals surface area (Å²) < 4.78 is 6.17. The molecule has 2 atom stereocenters. The van der Waals surface area contributed by atoms with E-state index in [1.807, 2.05) is 0 Å². The Morgan fingerprint density at radius 1 is 1.00 bits per heavy atom. The fourth-order valence-electron chi connectivity index (χ4n) is 4.18. The van der Waals surface area contributed by atoms with Gasteiger partial charge in [0.2, 0.25) is 0 Å². The SMILES string of the molecule is O=CC1CCCC2(CCCC23CCC3)O1. The molecule has 3 aliphatic rings. The molecule has 0 bridgehead atoms. The summed E-state index contributed by atoms with van der Waals surface area (Å²) in [4.78, 5) is 10.9. The van der Waals surface area contributed by atoms with Crippen molar-refractivity contribution in [2.45, 2.75) is 69.5 Å². The van der Waals surface area contributed by atoms with Crippen molar-refractivity contribution in [3.63, 3.8) is 0 Å². The van der Waals surface area contributed by atoms with E-state index in [2.05, 4.69) is 0 Å². The van der Waals surface area contributed by atoms with Crippen LogP contribution in [-0.4, -0.2) is 18.0 Å². The zero-order valence-corrected chi connectivity index (χ0v) is 9.34. The van der Waals surface area contributed by atoms with Crippen molar-refractivity contribution in [3.8, 4) is 0 Å². The van der Waals surface area contributed by atoms with Gasteiger partial charge in [0.1, 0.15) is 12.4 Å². The molecule has 84 valence electrons. The van der Waals surface area contributed by atoms with Crippen molar-refractivity contribution in [2.24, 2.45) is 5.41 Å². The number of aldehydes is 1. The topological polar surface area (TPSA) is 26.3 Å². The molecule has 1 aliphatic heterocycles. The van der Waals surface area contributed by atoms with Gasteiger partial charge in [-0.25, -0.2) is 0 Å². The normalized spacial score (nSPS) is 43.1. The molecular weight excluding hydrogens is 188 g/mol. The summed E-state index contributed by atoms with van der Waals surface area (Å²) in [5.41, 5.74) is 0.587. The van der Waals surface area contributed by atoms with Gasteiger partial charge >= 0.3 is 0 Å². The van der Waals surface area contributed by atoms with Crippen molar-refractivity contribution in [1.82, 2.24) is 0 Å². The van der Waals surface area contributed by atoms with Crippen LogP contribution in [0.1, 0.15) is 57.8 Å². The summed E-state index contributed by atoms with van der Waals surface area (Å²) in [6.45, 7) is 0. The summed E-state index contributed by atoms with van der Waals surface area (Å²) in [7, 11) is 0. The van der Waals surface area contributed by atoms with E-state index in [9.17, 15) is 4.79 Å². The quantitative estimate of drug-likeness (QED) is 0.619. The minimum absolute atomic E-state index is 0.102. The van der Waals surface area contributed by atoms with Crippen LogP contribution in [0.4, 0.5) is 0 Å². The number of rotatable bonds is 1. The van der Waals surface area contributed by atoms with Gasteiger partial charge in [-0.15, -0.1) is 0 Å². The Labute approximate surface area is 91.4 Å². The van der Waals surface area contributed by atoms with Crippen LogP contribution in [0.25, 0.3) is 0 Å². The van der Waals surface area contributed by atoms with Crippen molar-refractivity contribution in [2.75, 3.05) is 0 Å². The molecule has 1 heterocycles. The number of ether oxygens (including phenoxy) is 1. The minimum Gasteiger partial charge on any atom is -0.364 e. The predicted octanol–water partition coefficient (Wildman–Crippen LogP) is 2.85. The Morgan fingerprint density at radius 2 is 1.67 bits per heavy atom. The summed E-state index contributed by atoms with van der Waals surface area (Å²) in [6.07, 6.45) is 12.2. The maximum Gasteiger partial charge on any atom is 0.148 e. The van der Waals surface area contributed by atoms with Crippen LogP contribution in [0.5, 0.6) is 0 Å². The van der Waals surface area contributed by atoms with Crippen molar-refractivity contribution < 1.29 is 9.53 Å². The van der Waals surface area contributed by atoms with Gasteiger partial charge < -0.3 is 9.53 Å². The highest BCUT2D eigenvalue weighted by molar-refractivity contribution is 5.56. The molecule has 0 aromatic heterocycles. The van der Waals surface area contributed by atoms with Gasteiger partial charge in [-0.05, 0) is 56.8 Å². The molecule has 0 N–H and O–H groups in total. The molecule has 2 unspecified atom stereocenters. The fourth-order valence-corrected chi connectivity index (χ4v) is 4.18. The third-order valence-corrected chi connectivity index (χ3v) is 5.11. The average molecular weight is 208 g/mol. The van der Waals surface area contributed by atoms with E-state index in [-0.39, 0.29) is 11.7 Å². The molecule has 3 rings (SSSR count). The van der Waals surface area contributed by atoms with Gasteiger partial charge in [0.15, 0.2) is 0 Å². The zero-order chi connectivity index (χ0) is 10.4. The molecule has 0 amide bonds. The van der Waals surface area contributed by atoms with E-state index in [0.29, 0.717) is 5.41 Å². The highest BCUT2D eigenvalue weighted by atomic mass is 16.5. The molecule has 15 heavy (non-hydrogen) atoms. The third kappa shape index (κ3) is 1.24. The zero-order valence-electron chi connectivity index (χ0n) is 9.34. The van der Waals surface area contributed by atoms with E-state index in [4.69, 9.17) is 4.74 Å². The molecular formula is C13H20O2. The van der Waals surface area contributed by atoms with Crippen LogP contribution in [0, 0.1) is 5.41 Å². The lowest BCUT2D eigenvalue weighted by molar-refractivity contribution is -0.199. The van der Waals surface area contributed by atoms with E-state index in [1.54, 1.807) is 0 Å². The standard InChI is InChI=1S/C13H20O2/c14-10-11-4-1-8-13(15-11)9-3-7-12(13)5-2-6-12/h10-11H,1-9H2. The largest absolute Gasteiger partial charge is 0.364 e. The highest BCUT2D eigenvalue weighted by Gasteiger charge is 2.59. The lowest BCUT2D eigenvalue weighted by Gasteiger charge is -2.54.